The van der Waals surface area contributed by atoms with Gasteiger partial charge < -0.3 is 11.1 Å². The van der Waals surface area contributed by atoms with E-state index in [4.69, 9.17) is 5.73 Å². The summed E-state index contributed by atoms with van der Waals surface area (Å²) in [5, 5.41) is 6.08. The molecule has 2 rings (SSSR count). The van der Waals surface area contributed by atoms with Gasteiger partial charge in [-0.2, -0.15) is 0 Å². The van der Waals surface area contributed by atoms with Crippen LogP contribution in [0, 0.1) is 5.92 Å². The van der Waals surface area contributed by atoms with Crippen LogP contribution in [0.5, 0.6) is 0 Å². The summed E-state index contributed by atoms with van der Waals surface area (Å²) >= 11 is 0. The molecule has 0 aliphatic heterocycles. The van der Waals surface area contributed by atoms with Gasteiger partial charge in [0.15, 0.2) is 5.78 Å². The highest BCUT2D eigenvalue weighted by molar-refractivity contribution is 8.05. The zero-order valence-electron chi connectivity index (χ0n) is 19.7. The van der Waals surface area contributed by atoms with E-state index in [-0.39, 0.29) is 12.3 Å². The fourth-order valence-electron chi connectivity index (χ4n) is 3.65. The number of fused-ring (bicyclic) bond motifs is 1. The van der Waals surface area contributed by atoms with Gasteiger partial charge in [0.25, 0.3) is 11.0 Å². The molecule has 0 heterocycles. The number of benzene rings is 2. The number of carbonyl (C=O) groups excluding carboxylic acids is 4. The van der Waals surface area contributed by atoms with Crippen molar-refractivity contribution >= 4 is 43.3 Å². The lowest BCUT2D eigenvalue weighted by molar-refractivity contribution is -0.126. The Morgan fingerprint density at radius 1 is 0.971 bits per heavy atom. The molecule has 2 amide bonds. The zero-order valence-corrected chi connectivity index (χ0v) is 20.5. The Balaban J connectivity index is 2.26. The van der Waals surface area contributed by atoms with Gasteiger partial charge in [0.2, 0.25) is 15.7 Å². The van der Waals surface area contributed by atoms with Crippen molar-refractivity contribution in [2.45, 2.75) is 51.7 Å². The van der Waals surface area contributed by atoms with Crippen LogP contribution in [-0.2, 0) is 24.2 Å². The zero-order chi connectivity index (χ0) is 25.6. The first-order chi connectivity index (χ1) is 15.8. The van der Waals surface area contributed by atoms with Gasteiger partial charge >= 0.3 is 0 Å². The van der Waals surface area contributed by atoms with E-state index < -0.39 is 57.1 Å². The van der Waals surface area contributed by atoms with Crippen LogP contribution in [0.4, 0.5) is 0 Å². The number of sulfone groups is 1. The normalized spacial score (nSPS) is 14.4. The van der Waals surface area contributed by atoms with Crippen LogP contribution >= 0.6 is 0 Å². The number of amides is 2. The number of rotatable bonds is 11. The van der Waals surface area contributed by atoms with Gasteiger partial charge in [0.05, 0.1) is 18.1 Å². The summed E-state index contributed by atoms with van der Waals surface area (Å²) in [5.41, 5.74) is 5.56. The first-order valence-electron chi connectivity index (χ1n) is 11.0. The fraction of sp³-hybridized carbons (Fsp3) is 0.417. The second-order valence-electron chi connectivity index (χ2n) is 8.60. The van der Waals surface area contributed by atoms with E-state index >= 15 is 0 Å². The molecule has 0 spiro atoms. The summed E-state index contributed by atoms with van der Waals surface area (Å²) in [6.45, 7) is 5.20. The third-order valence-corrected chi connectivity index (χ3v) is 6.50. The highest BCUT2D eigenvalue weighted by atomic mass is 32.2. The largest absolute Gasteiger partial charge is 0.370 e. The van der Waals surface area contributed by atoms with Crippen LogP contribution in [0.3, 0.4) is 0 Å². The van der Waals surface area contributed by atoms with Gasteiger partial charge in [-0.25, -0.2) is 8.42 Å². The molecule has 0 aliphatic carbocycles. The Labute approximate surface area is 199 Å². The summed E-state index contributed by atoms with van der Waals surface area (Å²) < 4.78 is 23.5. The average Bonchev–Trinajstić information content (AvgIpc) is 2.77. The van der Waals surface area contributed by atoms with E-state index in [2.05, 4.69) is 10.6 Å². The molecule has 34 heavy (non-hydrogen) atoms. The quantitative estimate of drug-likeness (QED) is 0.431. The molecular weight excluding hydrogens is 458 g/mol. The van der Waals surface area contributed by atoms with E-state index in [0.717, 1.165) is 17.0 Å². The first-order valence-corrected chi connectivity index (χ1v) is 12.9. The van der Waals surface area contributed by atoms with E-state index in [1.165, 1.54) is 0 Å². The fourth-order valence-corrected chi connectivity index (χ4v) is 4.32. The highest BCUT2D eigenvalue weighted by Gasteiger charge is 2.35. The molecule has 0 aromatic heterocycles. The second kappa shape index (κ2) is 11.3. The molecule has 184 valence electrons. The third-order valence-electron chi connectivity index (χ3n) is 5.48. The third kappa shape index (κ3) is 6.94. The van der Waals surface area contributed by atoms with Crippen LogP contribution in [0.2, 0.25) is 0 Å². The number of hydrogen-bond donors (Lipinski definition) is 3. The lowest BCUT2D eigenvalue weighted by Crippen LogP contribution is -2.56. The Kier molecular flexibility index (Phi) is 9.06. The second-order valence-corrected chi connectivity index (χ2v) is 10.5. The van der Waals surface area contributed by atoms with Crippen molar-refractivity contribution in [1.29, 1.82) is 0 Å². The average molecular weight is 490 g/mol. The lowest BCUT2D eigenvalue weighted by atomic mass is 9.92. The van der Waals surface area contributed by atoms with Crippen LogP contribution in [0.15, 0.2) is 42.5 Å². The Bertz CT molecular complexity index is 1190. The molecule has 3 atom stereocenters. The minimum absolute atomic E-state index is 0.195. The van der Waals surface area contributed by atoms with E-state index in [1.54, 1.807) is 32.9 Å². The molecule has 0 saturated carbocycles. The molecule has 10 heteroatoms. The molecule has 0 bridgehead atoms. The van der Waals surface area contributed by atoms with Gasteiger partial charge in [0.1, 0.15) is 0 Å². The molecular formula is C24H31N3O6S. The van der Waals surface area contributed by atoms with E-state index in [0.29, 0.717) is 5.56 Å². The topological polar surface area (TPSA) is 152 Å². The van der Waals surface area contributed by atoms with E-state index in [1.807, 2.05) is 30.3 Å². The monoisotopic (exact) mass is 489 g/mol. The standard InChI is InChI=1S/C24H31N3O6S/c1-5-18(26-19(13-20(25)28)24(31)34(4,32)33)22(29)21(14(2)3)27-23(30)17-11-10-15-8-6-7-9-16(15)12-17/h6-12,14,18-19,21,26H,5,13H2,1-4H3,(H2,25,28)(H,27,30)/t18?,19?,21-/m1/s1. The first kappa shape index (κ1) is 27.1. The van der Waals surface area contributed by atoms with Gasteiger partial charge in [-0.15, -0.1) is 0 Å². The molecule has 9 nitrogen and oxygen atoms in total. The van der Waals surface area contributed by atoms with Gasteiger partial charge in [-0.1, -0.05) is 51.1 Å². The number of hydrogen-bond acceptors (Lipinski definition) is 7. The van der Waals surface area contributed by atoms with Crippen LogP contribution < -0.4 is 16.4 Å². The maximum Gasteiger partial charge on any atom is 0.263 e. The van der Waals surface area contributed by atoms with E-state index in [9.17, 15) is 27.6 Å². The summed E-state index contributed by atoms with van der Waals surface area (Å²) in [6, 6.07) is 9.41. The lowest BCUT2D eigenvalue weighted by Gasteiger charge is -2.28. The Hall–Kier alpha value is -3.11. The van der Waals surface area contributed by atoms with Gasteiger partial charge in [-0.05, 0) is 35.2 Å². The van der Waals surface area contributed by atoms with Crippen molar-refractivity contribution in [3.63, 3.8) is 0 Å². The van der Waals surface area contributed by atoms with Crippen molar-refractivity contribution in [1.82, 2.24) is 10.6 Å². The summed E-state index contributed by atoms with van der Waals surface area (Å²) in [4.78, 5) is 50.0. The number of nitrogens with two attached hydrogens (primary N) is 1. The molecule has 0 aliphatic rings. The summed E-state index contributed by atoms with van der Waals surface area (Å²) in [5.74, 6) is -2.05. The minimum atomic E-state index is -4.13. The molecule has 0 saturated heterocycles. The number of carbonyl (C=O) groups is 4. The predicted octanol–water partition coefficient (Wildman–Crippen LogP) is 1.35. The number of ketones is 1. The number of Topliss-reactive ketones (excluding diaryl/α,β-unsaturated/α-hetero) is 1. The van der Waals surface area contributed by atoms with Crippen molar-refractivity contribution in [3.05, 3.63) is 48.0 Å². The predicted molar refractivity (Wildman–Crippen MR) is 130 cm³/mol. The van der Waals surface area contributed by atoms with Crippen molar-refractivity contribution < 1.29 is 27.6 Å². The Morgan fingerprint density at radius 2 is 1.59 bits per heavy atom. The number of nitrogens with one attached hydrogen (secondary N) is 2. The molecule has 2 aromatic rings. The minimum Gasteiger partial charge on any atom is -0.370 e. The molecule has 0 radical (unpaired) electrons. The van der Waals surface area contributed by atoms with Crippen molar-refractivity contribution in [2.24, 2.45) is 11.7 Å². The van der Waals surface area contributed by atoms with Crippen LogP contribution in [0.25, 0.3) is 10.8 Å². The maximum atomic E-state index is 13.3. The molecule has 2 aromatic carbocycles. The molecule has 0 fully saturated rings. The van der Waals surface area contributed by atoms with Crippen molar-refractivity contribution in [2.75, 3.05) is 6.26 Å². The van der Waals surface area contributed by atoms with Gasteiger partial charge in [0, 0.05) is 18.2 Å². The maximum absolute atomic E-state index is 13.3. The molecule has 2 unspecified atom stereocenters. The highest BCUT2D eigenvalue weighted by Crippen LogP contribution is 2.17. The summed E-state index contributed by atoms with van der Waals surface area (Å²) in [7, 11) is -4.13. The Morgan fingerprint density at radius 3 is 2.12 bits per heavy atom. The SMILES string of the molecule is CCC(NC(CC(N)=O)C(=O)S(C)(=O)=O)C(=O)[C@H](NC(=O)c1ccc2ccccc2c1)C(C)C. The number of primary amides is 1. The van der Waals surface area contributed by atoms with Crippen LogP contribution in [0.1, 0.15) is 44.0 Å². The summed E-state index contributed by atoms with van der Waals surface area (Å²) in [6.07, 6.45) is 0.347. The van der Waals surface area contributed by atoms with Gasteiger partial charge in [-0.3, -0.25) is 24.5 Å². The smallest absolute Gasteiger partial charge is 0.263 e. The van der Waals surface area contributed by atoms with Crippen molar-refractivity contribution in [3.8, 4) is 0 Å². The molecule has 4 N–H and O–H groups in total. The van der Waals surface area contributed by atoms with Crippen LogP contribution in [-0.4, -0.2) is 55.5 Å².